The summed E-state index contributed by atoms with van der Waals surface area (Å²) in [5, 5.41) is 2.20. The van der Waals surface area contributed by atoms with Gasteiger partial charge in [-0.1, -0.05) is 87.5 Å². The van der Waals surface area contributed by atoms with Crippen LogP contribution in [0.25, 0.3) is 5.57 Å². The Kier molecular flexibility index (Phi) is 12.5. The fourth-order valence-corrected chi connectivity index (χ4v) is 11.8. The highest BCUT2D eigenvalue weighted by Gasteiger charge is 2.49. The van der Waals surface area contributed by atoms with E-state index < -0.39 is 20.3 Å². The van der Waals surface area contributed by atoms with E-state index in [4.69, 9.17) is 23.4 Å². The number of benzene rings is 4. The second-order valence-corrected chi connectivity index (χ2v) is 18.0. The lowest BCUT2D eigenvalue weighted by Gasteiger charge is -2.43. The van der Waals surface area contributed by atoms with Crippen molar-refractivity contribution < 1.29 is 33.0 Å². The van der Waals surface area contributed by atoms with Crippen LogP contribution < -0.4 is 19.8 Å². The Hall–Kier alpha value is -3.70. The summed E-state index contributed by atoms with van der Waals surface area (Å²) in [6, 6.07) is 28.1. The van der Waals surface area contributed by atoms with Crippen molar-refractivity contribution in [2.75, 3.05) is 35.0 Å². The minimum Gasteiger partial charge on any atom is -0.495 e. The first-order chi connectivity index (χ1) is 22.9. The van der Waals surface area contributed by atoms with Gasteiger partial charge < -0.3 is 23.4 Å². The van der Waals surface area contributed by atoms with Crippen LogP contribution in [0.2, 0.25) is 5.04 Å². The molecule has 48 heavy (non-hydrogen) atoms. The first-order valence-electron chi connectivity index (χ1n) is 15.3. The Morgan fingerprint density at radius 3 is 1.46 bits per heavy atom. The quantitative estimate of drug-likeness (QED) is 0.0813. The van der Waals surface area contributed by atoms with Crippen molar-refractivity contribution in [1.29, 1.82) is 0 Å². The normalized spacial score (nSPS) is 11.4. The van der Waals surface area contributed by atoms with Gasteiger partial charge in [0, 0.05) is 6.61 Å². The van der Waals surface area contributed by atoms with Gasteiger partial charge in [0.2, 0.25) is 0 Å². The van der Waals surface area contributed by atoms with Crippen LogP contribution in [0.15, 0.2) is 100.0 Å². The number of esters is 2. The topological polar surface area (TPSA) is 80.3 Å². The van der Waals surface area contributed by atoms with Gasteiger partial charge in [0.05, 0.1) is 37.4 Å². The Morgan fingerprint density at radius 2 is 1.10 bits per heavy atom. The zero-order chi connectivity index (χ0) is 35.1. The van der Waals surface area contributed by atoms with Crippen molar-refractivity contribution in [2.45, 2.75) is 32.2 Å². The zero-order valence-corrected chi connectivity index (χ0v) is 32.4. The maximum Gasteiger partial charge on any atom is 0.341 e. The van der Waals surface area contributed by atoms with Crippen LogP contribution in [0.1, 0.15) is 59.0 Å². The molecule has 0 amide bonds. The number of rotatable bonds is 12. The van der Waals surface area contributed by atoms with Crippen molar-refractivity contribution in [3.05, 3.63) is 122 Å². The first-order valence-corrected chi connectivity index (χ1v) is 18.8. The van der Waals surface area contributed by atoms with Crippen molar-refractivity contribution in [2.24, 2.45) is 0 Å². The average molecular weight is 797 g/mol. The fourth-order valence-electron chi connectivity index (χ4n) is 6.02. The standard InChI is InChI=1S/C38H40Br2O7Si/c1-38(2,3)48(27-15-10-8-11-16-27,28-17-12-9-13-18-28)47-20-14-19-29(25-21-30(36(41)45-6)34(43-4)32(39)23-25)26-22-31(37(42)46-7)35(44-5)33(40)24-26/h8-13,15-19,21-24H,14,20H2,1-7H3. The predicted molar refractivity (Wildman–Crippen MR) is 199 cm³/mol. The van der Waals surface area contributed by atoms with Gasteiger partial charge in [-0.15, -0.1) is 0 Å². The molecule has 0 bridgehead atoms. The van der Waals surface area contributed by atoms with Crippen molar-refractivity contribution in [3.8, 4) is 11.5 Å². The molecule has 4 aromatic carbocycles. The highest BCUT2D eigenvalue weighted by molar-refractivity contribution is 9.11. The molecule has 0 atom stereocenters. The Labute approximate surface area is 300 Å². The molecule has 0 heterocycles. The molecule has 0 aliphatic carbocycles. The molecule has 4 aromatic rings. The van der Waals surface area contributed by atoms with Gasteiger partial charge in [0.1, 0.15) is 22.6 Å². The number of hydrogen-bond donors (Lipinski definition) is 0. The molecule has 0 saturated carbocycles. The van der Waals surface area contributed by atoms with E-state index in [1.54, 1.807) is 12.1 Å². The number of carbonyl (C=O) groups is 2. The largest absolute Gasteiger partial charge is 0.495 e. The van der Waals surface area contributed by atoms with E-state index in [0.717, 1.165) is 5.57 Å². The highest BCUT2D eigenvalue weighted by Crippen LogP contribution is 2.40. The van der Waals surface area contributed by atoms with Gasteiger partial charge in [-0.25, -0.2) is 9.59 Å². The minimum atomic E-state index is -2.78. The molecule has 0 saturated heterocycles. The molecular weight excluding hydrogens is 756 g/mol. The molecule has 252 valence electrons. The van der Waals surface area contributed by atoms with Crippen LogP contribution in [0.5, 0.6) is 11.5 Å². The third-order valence-electron chi connectivity index (χ3n) is 8.13. The van der Waals surface area contributed by atoms with Gasteiger partial charge in [0.15, 0.2) is 0 Å². The number of halogens is 2. The van der Waals surface area contributed by atoms with Crippen LogP contribution in [0, 0.1) is 0 Å². The van der Waals surface area contributed by atoms with Crippen LogP contribution in [0.3, 0.4) is 0 Å². The molecule has 4 rings (SSSR count). The molecule has 0 fully saturated rings. The van der Waals surface area contributed by atoms with Crippen molar-refractivity contribution >= 4 is 68.1 Å². The van der Waals surface area contributed by atoms with E-state index in [0.29, 0.717) is 44.6 Å². The van der Waals surface area contributed by atoms with Crippen molar-refractivity contribution in [3.63, 3.8) is 0 Å². The highest BCUT2D eigenvalue weighted by atomic mass is 79.9. The summed E-state index contributed by atoms with van der Waals surface area (Å²) in [5.41, 5.74) is 2.64. The van der Waals surface area contributed by atoms with Gasteiger partial charge in [-0.2, -0.15) is 0 Å². The van der Waals surface area contributed by atoms with Crippen molar-refractivity contribution in [1.82, 2.24) is 0 Å². The third kappa shape index (κ3) is 7.62. The Bertz CT molecular complexity index is 1670. The zero-order valence-electron chi connectivity index (χ0n) is 28.2. The fraction of sp³-hybridized carbons (Fsp3) is 0.263. The van der Waals surface area contributed by atoms with E-state index >= 15 is 0 Å². The lowest BCUT2D eigenvalue weighted by molar-refractivity contribution is 0.0588. The molecule has 0 N–H and O–H groups in total. The van der Waals surface area contributed by atoms with Crippen LogP contribution in [-0.2, 0) is 13.9 Å². The van der Waals surface area contributed by atoms with E-state index in [1.165, 1.54) is 38.8 Å². The summed E-state index contributed by atoms with van der Waals surface area (Å²) < 4.78 is 29.5. The lowest BCUT2D eigenvalue weighted by Crippen LogP contribution is -2.66. The number of hydrogen-bond acceptors (Lipinski definition) is 7. The molecule has 0 aliphatic rings. The maximum atomic E-state index is 12.9. The second kappa shape index (κ2) is 16.1. The summed E-state index contributed by atoms with van der Waals surface area (Å²) in [6.07, 6.45) is 2.58. The summed E-state index contributed by atoms with van der Waals surface area (Å²) in [4.78, 5) is 25.7. The van der Waals surface area contributed by atoms with Gasteiger partial charge in [0.25, 0.3) is 8.32 Å². The molecule has 7 nitrogen and oxygen atoms in total. The van der Waals surface area contributed by atoms with E-state index in [2.05, 4.69) is 107 Å². The van der Waals surface area contributed by atoms with Crippen LogP contribution >= 0.6 is 31.9 Å². The average Bonchev–Trinajstić information content (AvgIpc) is 3.08. The van der Waals surface area contributed by atoms with E-state index in [1.807, 2.05) is 24.3 Å². The molecule has 0 unspecified atom stereocenters. The number of ether oxygens (including phenoxy) is 4. The van der Waals surface area contributed by atoms with E-state index in [9.17, 15) is 9.59 Å². The van der Waals surface area contributed by atoms with Crippen LogP contribution in [-0.4, -0.2) is 55.3 Å². The molecule has 0 aromatic heterocycles. The number of carbonyl (C=O) groups excluding carboxylic acids is 2. The molecule has 0 aliphatic heterocycles. The first kappa shape index (κ1) is 37.1. The maximum absolute atomic E-state index is 12.9. The Balaban J connectivity index is 1.88. The third-order valence-corrected chi connectivity index (χ3v) is 14.4. The predicted octanol–water partition coefficient (Wildman–Crippen LogP) is 8.20. The summed E-state index contributed by atoms with van der Waals surface area (Å²) >= 11 is 7.16. The SMILES string of the molecule is COC(=O)c1cc(C(=CCCO[Si](c2ccccc2)(c2ccccc2)C(C)(C)C)c2cc(Br)c(OC)c(C(=O)OC)c2)cc(Br)c1OC. The monoisotopic (exact) mass is 794 g/mol. The molecule has 0 spiro atoms. The van der Waals surface area contributed by atoms with E-state index in [-0.39, 0.29) is 16.2 Å². The summed E-state index contributed by atoms with van der Waals surface area (Å²) in [5.74, 6) is -0.387. The Morgan fingerprint density at radius 1 is 0.688 bits per heavy atom. The lowest BCUT2D eigenvalue weighted by atomic mass is 9.93. The summed E-state index contributed by atoms with van der Waals surface area (Å²) in [6.45, 7) is 7.14. The summed E-state index contributed by atoms with van der Waals surface area (Å²) in [7, 11) is 2.86. The van der Waals surface area contributed by atoms with Gasteiger partial charge in [-0.05, 0) is 94.7 Å². The minimum absolute atomic E-state index is 0.186. The van der Waals surface area contributed by atoms with Gasteiger partial charge >= 0.3 is 11.9 Å². The van der Waals surface area contributed by atoms with Gasteiger partial charge in [-0.3, -0.25) is 0 Å². The molecule has 0 radical (unpaired) electrons. The second-order valence-electron chi connectivity index (χ2n) is 12.0. The molecular formula is C38H40Br2O7Si. The van der Waals surface area contributed by atoms with Crippen LogP contribution in [0.4, 0.5) is 0 Å². The number of methoxy groups -OCH3 is 4. The molecule has 10 heteroatoms. The smallest absolute Gasteiger partial charge is 0.341 e.